The van der Waals surface area contributed by atoms with Crippen molar-refractivity contribution in [3.05, 3.63) is 42.0 Å². The van der Waals surface area contributed by atoms with Gasteiger partial charge in [0.15, 0.2) is 23.0 Å². The van der Waals surface area contributed by atoms with E-state index in [1.807, 2.05) is 18.2 Å². The Labute approximate surface area is 187 Å². The molecule has 0 aliphatic carbocycles. The number of rotatable bonds is 7. The third-order valence-electron chi connectivity index (χ3n) is 5.72. The van der Waals surface area contributed by atoms with Gasteiger partial charge in [0.1, 0.15) is 0 Å². The minimum absolute atomic E-state index is 0.0779. The Balaban J connectivity index is 1.33. The van der Waals surface area contributed by atoms with Crippen molar-refractivity contribution in [1.82, 2.24) is 9.62 Å². The van der Waals surface area contributed by atoms with E-state index in [1.165, 1.54) is 30.7 Å². The van der Waals surface area contributed by atoms with E-state index < -0.39 is 10.0 Å². The Bertz CT molecular complexity index is 1100. The normalized spacial score (nSPS) is 16.6. The van der Waals surface area contributed by atoms with Crippen molar-refractivity contribution in [2.75, 3.05) is 34.1 Å². The van der Waals surface area contributed by atoms with Gasteiger partial charge < -0.3 is 24.3 Å². The van der Waals surface area contributed by atoms with Crippen molar-refractivity contribution >= 4 is 15.9 Å². The van der Waals surface area contributed by atoms with E-state index >= 15 is 0 Å². The highest BCUT2D eigenvalue weighted by atomic mass is 32.2. The third kappa shape index (κ3) is 4.46. The number of carbonyl (C=O) groups is 1. The third-order valence-corrected chi connectivity index (χ3v) is 7.62. The molecule has 0 atom stereocenters. The SMILES string of the molecule is COc1ccc(S(=O)(=O)N2CCC(C(=O)NCc3ccc4c(c3)OCO4)CC2)cc1OC. The zero-order valence-electron chi connectivity index (χ0n) is 18.0. The Hall–Kier alpha value is -2.98. The molecule has 0 radical (unpaired) electrons. The largest absolute Gasteiger partial charge is 0.493 e. The standard InChI is InChI=1S/C22H26N2O7S/c1-28-18-6-4-17(12-20(18)29-2)32(26,27)24-9-7-16(8-10-24)22(25)23-13-15-3-5-19-21(11-15)31-14-30-19/h3-6,11-12,16H,7-10,13-14H2,1-2H3,(H,23,25). The van der Waals surface area contributed by atoms with Crippen LogP contribution in [0.3, 0.4) is 0 Å². The van der Waals surface area contributed by atoms with Crippen LogP contribution in [0.1, 0.15) is 18.4 Å². The van der Waals surface area contributed by atoms with Crippen LogP contribution in [0.15, 0.2) is 41.3 Å². The van der Waals surface area contributed by atoms with Gasteiger partial charge in [-0.2, -0.15) is 4.31 Å². The van der Waals surface area contributed by atoms with Crippen molar-refractivity contribution < 1.29 is 32.2 Å². The number of hydrogen-bond acceptors (Lipinski definition) is 7. The summed E-state index contributed by atoms with van der Waals surface area (Å²) >= 11 is 0. The van der Waals surface area contributed by atoms with E-state index in [4.69, 9.17) is 18.9 Å². The lowest BCUT2D eigenvalue weighted by molar-refractivity contribution is -0.126. The second kappa shape index (κ2) is 9.25. The number of hydrogen-bond donors (Lipinski definition) is 1. The monoisotopic (exact) mass is 462 g/mol. The molecular weight excluding hydrogens is 436 g/mol. The van der Waals surface area contributed by atoms with Crippen LogP contribution in [0.2, 0.25) is 0 Å². The quantitative estimate of drug-likeness (QED) is 0.672. The average Bonchev–Trinajstić information content (AvgIpc) is 3.30. The van der Waals surface area contributed by atoms with Gasteiger partial charge in [0.05, 0.1) is 19.1 Å². The van der Waals surface area contributed by atoms with Gasteiger partial charge in [0.2, 0.25) is 22.7 Å². The lowest BCUT2D eigenvalue weighted by Crippen LogP contribution is -2.42. The van der Waals surface area contributed by atoms with E-state index in [0.717, 1.165) is 5.56 Å². The molecule has 2 heterocycles. The number of amides is 1. The number of carbonyl (C=O) groups excluding carboxylic acids is 1. The van der Waals surface area contributed by atoms with Crippen LogP contribution in [0, 0.1) is 5.92 Å². The molecule has 2 aliphatic rings. The summed E-state index contributed by atoms with van der Waals surface area (Å²) in [5.74, 6) is 1.87. The summed E-state index contributed by atoms with van der Waals surface area (Å²) in [6.45, 7) is 1.13. The molecule has 0 aromatic heterocycles. The summed E-state index contributed by atoms with van der Waals surface area (Å²) in [5, 5.41) is 2.94. The van der Waals surface area contributed by atoms with Crippen LogP contribution in [0.25, 0.3) is 0 Å². The first kappa shape index (κ1) is 22.2. The topological polar surface area (TPSA) is 103 Å². The maximum Gasteiger partial charge on any atom is 0.243 e. The van der Waals surface area contributed by atoms with E-state index in [9.17, 15) is 13.2 Å². The summed E-state index contributed by atoms with van der Waals surface area (Å²) in [4.78, 5) is 12.8. The van der Waals surface area contributed by atoms with Crippen molar-refractivity contribution in [2.45, 2.75) is 24.3 Å². The Morgan fingerprint density at radius 3 is 2.47 bits per heavy atom. The summed E-state index contributed by atoms with van der Waals surface area (Å²) in [7, 11) is -0.735. The van der Waals surface area contributed by atoms with Crippen molar-refractivity contribution in [2.24, 2.45) is 5.92 Å². The van der Waals surface area contributed by atoms with Crippen LogP contribution in [0.5, 0.6) is 23.0 Å². The summed E-state index contributed by atoms with van der Waals surface area (Å²) in [6, 6.07) is 10.1. The molecule has 1 N–H and O–H groups in total. The number of nitrogens with zero attached hydrogens (tertiary/aromatic N) is 1. The highest BCUT2D eigenvalue weighted by Crippen LogP contribution is 2.33. The van der Waals surface area contributed by atoms with Gasteiger partial charge in [0.25, 0.3) is 0 Å². The molecule has 2 aromatic carbocycles. The van der Waals surface area contributed by atoms with Crippen LogP contribution in [-0.4, -0.2) is 52.7 Å². The number of ether oxygens (including phenoxy) is 4. The molecule has 0 saturated carbocycles. The molecule has 0 unspecified atom stereocenters. The van der Waals surface area contributed by atoms with Crippen LogP contribution in [0.4, 0.5) is 0 Å². The lowest BCUT2D eigenvalue weighted by atomic mass is 9.97. The van der Waals surface area contributed by atoms with Crippen LogP contribution < -0.4 is 24.3 Å². The van der Waals surface area contributed by atoms with E-state index in [0.29, 0.717) is 42.4 Å². The molecule has 2 aliphatic heterocycles. The fraction of sp³-hybridized carbons (Fsp3) is 0.409. The van der Waals surface area contributed by atoms with Gasteiger partial charge in [-0.15, -0.1) is 0 Å². The molecule has 1 saturated heterocycles. The molecule has 1 amide bonds. The first-order valence-electron chi connectivity index (χ1n) is 10.3. The molecule has 2 aromatic rings. The fourth-order valence-corrected chi connectivity index (χ4v) is 5.35. The molecule has 9 nitrogen and oxygen atoms in total. The highest BCUT2D eigenvalue weighted by Gasteiger charge is 2.32. The summed E-state index contributed by atoms with van der Waals surface area (Å²) in [6.07, 6.45) is 0.916. The van der Waals surface area contributed by atoms with E-state index in [1.54, 1.807) is 6.07 Å². The minimum atomic E-state index is -3.69. The zero-order valence-corrected chi connectivity index (χ0v) is 18.8. The Morgan fingerprint density at radius 2 is 1.75 bits per heavy atom. The van der Waals surface area contributed by atoms with Gasteiger partial charge in [-0.1, -0.05) is 6.07 Å². The van der Waals surface area contributed by atoms with Gasteiger partial charge >= 0.3 is 0 Å². The molecule has 0 bridgehead atoms. The van der Waals surface area contributed by atoms with Crippen molar-refractivity contribution in [1.29, 1.82) is 0 Å². The zero-order chi connectivity index (χ0) is 22.7. The van der Waals surface area contributed by atoms with Gasteiger partial charge in [0, 0.05) is 31.6 Å². The van der Waals surface area contributed by atoms with Crippen LogP contribution in [-0.2, 0) is 21.4 Å². The minimum Gasteiger partial charge on any atom is -0.493 e. The maximum atomic E-state index is 13.0. The molecule has 4 rings (SSSR count). The highest BCUT2D eigenvalue weighted by molar-refractivity contribution is 7.89. The first-order valence-corrected chi connectivity index (χ1v) is 11.7. The Morgan fingerprint density at radius 1 is 1.03 bits per heavy atom. The number of sulfonamides is 1. The molecule has 10 heteroatoms. The van der Waals surface area contributed by atoms with Crippen molar-refractivity contribution in [3.8, 4) is 23.0 Å². The number of piperidine rings is 1. The molecular formula is C22H26N2O7S. The number of methoxy groups -OCH3 is 2. The molecule has 32 heavy (non-hydrogen) atoms. The second-order valence-corrected chi connectivity index (χ2v) is 9.54. The number of fused-ring (bicyclic) bond motifs is 1. The van der Waals surface area contributed by atoms with Crippen molar-refractivity contribution in [3.63, 3.8) is 0 Å². The first-order chi connectivity index (χ1) is 15.4. The number of nitrogens with one attached hydrogen (secondary N) is 1. The molecule has 172 valence electrons. The number of benzene rings is 2. The fourth-order valence-electron chi connectivity index (χ4n) is 3.87. The average molecular weight is 463 g/mol. The second-order valence-electron chi connectivity index (χ2n) is 7.60. The van der Waals surface area contributed by atoms with E-state index in [-0.39, 0.29) is 36.6 Å². The maximum absolute atomic E-state index is 13.0. The smallest absolute Gasteiger partial charge is 0.243 e. The summed E-state index contributed by atoms with van der Waals surface area (Å²) < 4.78 is 48.5. The van der Waals surface area contributed by atoms with Crippen LogP contribution >= 0.6 is 0 Å². The van der Waals surface area contributed by atoms with Gasteiger partial charge in [-0.25, -0.2) is 8.42 Å². The predicted molar refractivity (Wildman–Crippen MR) is 115 cm³/mol. The molecule has 1 fully saturated rings. The molecule has 0 spiro atoms. The van der Waals surface area contributed by atoms with Gasteiger partial charge in [-0.3, -0.25) is 4.79 Å². The Kier molecular flexibility index (Phi) is 6.43. The predicted octanol–water partition coefficient (Wildman–Crippen LogP) is 2.15. The van der Waals surface area contributed by atoms with Gasteiger partial charge in [-0.05, 0) is 42.7 Å². The van der Waals surface area contributed by atoms with E-state index in [2.05, 4.69) is 5.32 Å². The lowest BCUT2D eigenvalue weighted by Gasteiger charge is -2.30. The summed E-state index contributed by atoms with van der Waals surface area (Å²) in [5.41, 5.74) is 0.913.